The number of benzene rings is 2. The summed E-state index contributed by atoms with van der Waals surface area (Å²) in [5.74, 6) is 0. The Bertz CT molecular complexity index is 605. The molecule has 1 heterocycles. The molecule has 0 bridgehead atoms. The van der Waals surface area contributed by atoms with Gasteiger partial charge in [0, 0.05) is 18.0 Å². The zero-order chi connectivity index (χ0) is 13.1. The molecule has 0 amide bonds. The van der Waals surface area contributed by atoms with Crippen molar-refractivity contribution in [2.24, 2.45) is 4.99 Å². The maximum Gasteiger partial charge on any atom is 0.161 e. The van der Waals surface area contributed by atoms with Gasteiger partial charge in [0.1, 0.15) is 0 Å². The second kappa shape index (κ2) is 5.29. The van der Waals surface area contributed by atoms with E-state index >= 15 is 0 Å². The second-order valence-corrected chi connectivity index (χ2v) is 4.72. The molecule has 3 heteroatoms. The number of aliphatic imine (C=N–C) groups is 1. The predicted octanol–water partition coefficient (Wildman–Crippen LogP) is 4.16. The molecule has 0 spiro atoms. The van der Waals surface area contributed by atoms with Gasteiger partial charge in [-0.3, -0.25) is 9.41 Å². The van der Waals surface area contributed by atoms with Crippen molar-refractivity contribution < 1.29 is 0 Å². The van der Waals surface area contributed by atoms with Gasteiger partial charge < -0.3 is 0 Å². The Balaban J connectivity index is 1.98. The molecule has 0 saturated heterocycles. The van der Waals surface area contributed by atoms with Crippen molar-refractivity contribution in [2.75, 3.05) is 0 Å². The molecule has 94 valence electrons. The van der Waals surface area contributed by atoms with Gasteiger partial charge in [-0.1, -0.05) is 60.7 Å². The highest BCUT2D eigenvalue weighted by atomic mass is 35.5. The van der Waals surface area contributed by atoms with Crippen LogP contribution in [0.5, 0.6) is 0 Å². The standard InChI is InChI=1S/C16H13ClN2/c17-19-12-11-15(13-7-3-1-4-8-13)18-16(19)14-9-5-2-6-10-14/h1-12,16H. The molecular formula is C16H13ClN2. The molecule has 3 rings (SSSR count). The molecule has 0 radical (unpaired) electrons. The van der Waals surface area contributed by atoms with E-state index in [9.17, 15) is 0 Å². The summed E-state index contributed by atoms with van der Waals surface area (Å²) in [4.78, 5) is 4.73. The van der Waals surface area contributed by atoms with E-state index in [1.807, 2.05) is 60.8 Å². The second-order valence-electron chi connectivity index (χ2n) is 4.32. The summed E-state index contributed by atoms with van der Waals surface area (Å²) >= 11 is 6.21. The molecule has 0 fully saturated rings. The van der Waals surface area contributed by atoms with Gasteiger partial charge in [0.25, 0.3) is 0 Å². The van der Waals surface area contributed by atoms with E-state index in [4.69, 9.17) is 16.8 Å². The number of rotatable bonds is 2. The Kier molecular flexibility index (Phi) is 3.34. The zero-order valence-electron chi connectivity index (χ0n) is 10.3. The van der Waals surface area contributed by atoms with Crippen LogP contribution in [-0.4, -0.2) is 10.1 Å². The van der Waals surface area contributed by atoms with Gasteiger partial charge in [0.2, 0.25) is 0 Å². The lowest BCUT2D eigenvalue weighted by atomic mass is 10.1. The fraction of sp³-hybridized carbons (Fsp3) is 0.0625. The smallest absolute Gasteiger partial charge is 0.161 e. The quantitative estimate of drug-likeness (QED) is 0.747. The summed E-state index contributed by atoms with van der Waals surface area (Å²) in [6.45, 7) is 0. The molecule has 2 aromatic rings. The first-order chi connectivity index (χ1) is 9.34. The lowest BCUT2D eigenvalue weighted by Crippen LogP contribution is -2.18. The fourth-order valence-electron chi connectivity index (χ4n) is 2.08. The highest BCUT2D eigenvalue weighted by Crippen LogP contribution is 2.28. The Morgan fingerprint density at radius 3 is 2.21 bits per heavy atom. The normalized spacial score (nSPS) is 18.3. The lowest BCUT2D eigenvalue weighted by molar-refractivity contribution is 0.455. The average Bonchev–Trinajstić information content (AvgIpc) is 2.49. The van der Waals surface area contributed by atoms with Gasteiger partial charge in [-0.2, -0.15) is 0 Å². The van der Waals surface area contributed by atoms with Crippen LogP contribution in [0.15, 0.2) is 77.9 Å². The first-order valence-electron chi connectivity index (χ1n) is 6.15. The van der Waals surface area contributed by atoms with Crippen LogP contribution in [0.1, 0.15) is 17.3 Å². The number of hydrogen-bond acceptors (Lipinski definition) is 2. The molecule has 1 unspecified atom stereocenters. The van der Waals surface area contributed by atoms with E-state index in [-0.39, 0.29) is 6.17 Å². The highest BCUT2D eigenvalue weighted by molar-refractivity contribution is 6.16. The summed E-state index contributed by atoms with van der Waals surface area (Å²) in [6, 6.07) is 20.2. The highest BCUT2D eigenvalue weighted by Gasteiger charge is 2.19. The van der Waals surface area contributed by atoms with Gasteiger partial charge in [0.05, 0.1) is 5.71 Å². The predicted molar refractivity (Wildman–Crippen MR) is 79.0 cm³/mol. The van der Waals surface area contributed by atoms with E-state index < -0.39 is 0 Å². The summed E-state index contributed by atoms with van der Waals surface area (Å²) in [5.41, 5.74) is 3.13. The molecule has 1 aliphatic heterocycles. The Morgan fingerprint density at radius 1 is 0.895 bits per heavy atom. The van der Waals surface area contributed by atoms with Gasteiger partial charge in [-0.25, -0.2) is 0 Å². The molecule has 2 aromatic carbocycles. The molecule has 1 aliphatic rings. The van der Waals surface area contributed by atoms with Crippen LogP contribution in [0.2, 0.25) is 0 Å². The first-order valence-corrected chi connectivity index (χ1v) is 6.49. The van der Waals surface area contributed by atoms with E-state index in [0.717, 1.165) is 16.8 Å². The average molecular weight is 269 g/mol. The maximum absolute atomic E-state index is 6.21. The van der Waals surface area contributed by atoms with Crippen LogP contribution in [0.25, 0.3) is 0 Å². The number of nitrogens with zero attached hydrogens (tertiary/aromatic N) is 2. The van der Waals surface area contributed by atoms with Gasteiger partial charge in [-0.05, 0) is 17.2 Å². The van der Waals surface area contributed by atoms with Crippen molar-refractivity contribution in [3.05, 3.63) is 84.1 Å². The molecule has 0 N–H and O–H groups in total. The van der Waals surface area contributed by atoms with Gasteiger partial charge in [0.15, 0.2) is 6.17 Å². The summed E-state index contributed by atoms with van der Waals surface area (Å²) in [5, 5.41) is 0. The van der Waals surface area contributed by atoms with Crippen molar-refractivity contribution in [3.63, 3.8) is 0 Å². The molecule has 0 saturated carbocycles. The minimum atomic E-state index is -0.178. The molecule has 0 aliphatic carbocycles. The third-order valence-electron chi connectivity index (χ3n) is 3.04. The van der Waals surface area contributed by atoms with E-state index in [1.54, 1.807) is 4.42 Å². The number of allylic oxidation sites excluding steroid dienone is 1. The van der Waals surface area contributed by atoms with Gasteiger partial charge in [-0.15, -0.1) is 0 Å². The van der Waals surface area contributed by atoms with Crippen LogP contribution >= 0.6 is 11.8 Å². The van der Waals surface area contributed by atoms with Crippen LogP contribution in [0.3, 0.4) is 0 Å². The maximum atomic E-state index is 6.21. The Hall–Kier alpha value is -2.06. The van der Waals surface area contributed by atoms with Crippen molar-refractivity contribution in [2.45, 2.75) is 6.17 Å². The Labute approximate surface area is 117 Å². The van der Waals surface area contributed by atoms with Crippen LogP contribution in [0.4, 0.5) is 0 Å². The first kappa shape index (κ1) is 12.0. The minimum absolute atomic E-state index is 0.178. The molecule has 0 aromatic heterocycles. The monoisotopic (exact) mass is 268 g/mol. The molecule has 19 heavy (non-hydrogen) atoms. The van der Waals surface area contributed by atoms with E-state index in [2.05, 4.69) is 12.1 Å². The topological polar surface area (TPSA) is 15.6 Å². The summed E-state index contributed by atoms with van der Waals surface area (Å²) in [7, 11) is 0. The van der Waals surface area contributed by atoms with Crippen molar-refractivity contribution in [1.82, 2.24) is 4.42 Å². The number of hydrogen-bond donors (Lipinski definition) is 0. The third kappa shape index (κ3) is 2.54. The molecule has 1 atom stereocenters. The summed E-state index contributed by atoms with van der Waals surface area (Å²) < 4.78 is 1.60. The Morgan fingerprint density at radius 2 is 1.53 bits per heavy atom. The van der Waals surface area contributed by atoms with Crippen LogP contribution in [-0.2, 0) is 0 Å². The van der Waals surface area contributed by atoms with Crippen molar-refractivity contribution >= 4 is 17.5 Å². The number of halogens is 1. The fourth-order valence-corrected chi connectivity index (χ4v) is 2.29. The van der Waals surface area contributed by atoms with Gasteiger partial charge >= 0.3 is 0 Å². The SMILES string of the molecule is ClN1C=CC(c2ccccc2)=NC1c1ccccc1. The van der Waals surface area contributed by atoms with Crippen molar-refractivity contribution in [3.8, 4) is 0 Å². The van der Waals surface area contributed by atoms with Crippen molar-refractivity contribution in [1.29, 1.82) is 0 Å². The van der Waals surface area contributed by atoms with E-state index in [1.165, 1.54) is 0 Å². The lowest BCUT2D eigenvalue weighted by Gasteiger charge is -2.25. The van der Waals surface area contributed by atoms with E-state index in [0.29, 0.717) is 0 Å². The summed E-state index contributed by atoms with van der Waals surface area (Å²) in [6.07, 6.45) is 3.61. The third-order valence-corrected chi connectivity index (χ3v) is 3.33. The molecular weight excluding hydrogens is 256 g/mol. The minimum Gasteiger partial charge on any atom is -0.264 e. The largest absolute Gasteiger partial charge is 0.264 e. The van der Waals surface area contributed by atoms with Crippen LogP contribution < -0.4 is 0 Å². The zero-order valence-corrected chi connectivity index (χ0v) is 11.0. The van der Waals surface area contributed by atoms with Crippen LogP contribution in [0, 0.1) is 0 Å². The molecule has 2 nitrogen and oxygen atoms in total.